The summed E-state index contributed by atoms with van der Waals surface area (Å²) < 4.78 is 0. The highest BCUT2D eigenvalue weighted by molar-refractivity contribution is 5.91. The van der Waals surface area contributed by atoms with Gasteiger partial charge in [0.05, 0.1) is 12.0 Å². The molecule has 1 N–H and O–H groups in total. The van der Waals surface area contributed by atoms with Crippen LogP contribution in [0.3, 0.4) is 0 Å². The third-order valence-electron chi connectivity index (χ3n) is 7.87. The number of nitriles is 1. The SMILES string of the molecule is C[C@]12CC[C@H]3[C@@H](C[C@@H](CO)C4=CC(=O)CC[C@@H]43)[C@@H]1CC[C@@H]2C#N. The predicted octanol–water partition coefficient (Wildman–Crippen LogP) is 3.49. The Labute approximate surface area is 138 Å². The van der Waals surface area contributed by atoms with Gasteiger partial charge in [-0.3, -0.25) is 4.79 Å². The maximum absolute atomic E-state index is 11.9. The number of hydrogen-bond donors (Lipinski definition) is 1. The van der Waals surface area contributed by atoms with Gasteiger partial charge in [-0.15, -0.1) is 0 Å². The minimum Gasteiger partial charge on any atom is -0.396 e. The molecule has 23 heavy (non-hydrogen) atoms. The van der Waals surface area contributed by atoms with Crippen molar-refractivity contribution in [2.45, 2.75) is 51.9 Å². The number of carbonyl (C=O) groups excluding carboxylic acids is 1. The van der Waals surface area contributed by atoms with E-state index in [-0.39, 0.29) is 29.6 Å². The van der Waals surface area contributed by atoms with Crippen LogP contribution in [0.1, 0.15) is 51.9 Å². The number of ketones is 1. The summed E-state index contributed by atoms with van der Waals surface area (Å²) in [7, 11) is 0. The Hall–Kier alpha value is -1.14. The first-order valence-corrected chi connectivity index (χ1v) is 9.33. The van der Waals surface area contributed by atoms with Gasteiger partial charge in [-0.05, 0) is 73.7 Å². The Balaban J connectivity index is 1.68. The summed E-state index contributed by atoms with van der Waals surface area (Å²) in [6.07, 6.45) is 9.14. The lowest BCUT2D eigenvalue weighted by Gasteiger charge is -2.55. The highest BCUT2D eigenvalue weighted by atomic mass is 16.3. The smallest absolute Gasteiger partial charge is 0.155 e. The molecule has 3 fully saturated rings. The number of nitrogens with zero attached hydrogens (tertiary/aromatic N) is 1. The van der Waals surface area contributed by atoms with E-state index in [0.717, 1.165) is 19.3 Å². The standard InChI is InChI=1S/C20H27NO2/c1-20-7-6-16-15-4-3-14(23)9-17(15)12(11-22)8-18(16)19(20)5-2-13(20)10-21/h9,12-13,15-16,18-19,22H,2-8,11H2,1H3/t12-,13+,15+,16+,18+,19-,20+/m0/s1. The average molecular weight is 313 g/mol. The van der Waals surface area contributed by atoms with E-state index in [9.17, 15) is 15.2 Å². The van der Waals surface area contributed by atoms with E-state index in [1.807, 2.05) is 6.08 Å². The van der Waals surface area contributed by atoms with Crippen LogP contribution in [0, 0.1) is 52.3 Å². The lowest BCUT2D eigenvalue weighted by atomic mass is 9.50. The molecular formula is C20H27NO2. The zero-order chi connectivity index (χ0) is 16.2. The lowest BCUT2D eigenvalue weighted by molar-refractivity contribution is -0.116. The Morgan fingerprint density at radius 2 is 2.13 bits per heavy atom. The van der Waals surface area contributed by atoms with E-state index in [1.54, 1.807) is 0 Å². The molecule has 3 nitrogen and oxygen atoms in total. The maximum atomic E-state index is 11.9. The molecule has 0 amide bonds. The highest BCUT2D eigenvalue weighted by Crippen LogP contribution is 2.64. The zero-order valence-electron chi connectivity index (χ0n) is 14.0. The molecule has 0 heterocycles. The Kier molecular flexibility index (Phi) is 3.65. The lowest BCUT2D eigenvalue weighted by Crippen LogP contribution is -2.48. The topological polar surface area (TPSA) is 61.1 Å². The molecule has 0 aliphatic heterocycles. The van der Waals surface area contributed by atoms with E-state index in [0.29, 0.717) is 30.1 Å². The van der Waals surface area contributed by atoms with E-state index in [2.05, 4.69) is 13.0 Å². The summed E-state index contributed by atoms with van der Waals surface area (Å²) in [5.41, 5.74) is 1.44. The fourth-order valence-electron chi connectivity index (χ4n) is 6.72. The van der Waals surface area contributed by atoms with Crippen molar-refractivity contribution in [2.24, 2.45) is 40.9 Å². The monoisotopic (exact) mass is 313 g/mol. The van der Waals surface area contributed by atoms with Crippen LogP contribution < -0.4 is 0 Å². The molecule has 0 saturated heterocycles. The summed E-state index contributed by atoms with van der Waals surface area (Å²) in [6.45, 7) is 2.52. The van der Waals surface area contributed by atoms with Gasteiger partial charge >= 0.3 is 0 Å². The molecule has 4 rings (SSSR count). The van der Waals surface area contributed by atoms with Crippen molar-refractivity contribution in [3.05, 3.63) is 11.6 Å². The van der Waals surface area contributed by atoms with Crippen molar-refractivity contribution in [1.82, 2.24) is 0 Å². The second kappa shape index (κ2) is 5.45. The second-order valence-corrected chi connectivity index (χ2v) is 8.61. The van der Waals surface area contributed by atoms with Crippen LogP contribution in [-0.4, -0.2) is 17.5 Å². The van der Waals surface area contributed by atoms with Gasteiger partial charge in [0, 0.05) is 18.9 Å². The van der Waals surface area contributed by atoms with Gasteiger partial charge in [-0.1, -0.05) is 12.5 Å². The molecule has 0 spiro atoms. The van der Waals surface area contributed by atoms with Crippen molar-refractivity contribution in [2.75, 3.05) is 6.61 Å². The molecule has 0 aromatic rings. The third-order valence-corrected chi connectivity index (χ3v) is 7.87. The van der Waals surface area contributed by atoms with Gasteiger partial charge in [0.15, 0.2) is 5.78 Å². The third kappa shape index (κ3) is 2.14. The minimum atomic E-state index is 0.171. The van der Waals surface area contributed by atoms with Crippen molar-refractivity contribution in [3.63, 3.8) is 0 Å². The fraction of sp³-hybridized carbons (Fsp3) is 0.800. The van der Waals surface area contributed by atoms with Crippen molar-refractivity contribution < 1.29 is 9.90 Å². The predicted molar refractivity (Wildman–Crippen MR) is 87.2 cm³/mol. The van der Waals surface area contributed by atoms with Crippen molar-refractivity contribution in [3.8, 4) is 6.07 Å². The number of carbonyl (C=O) groups is 1. The molecular weight excluding hydrogens is 286 g/mol. The number of fused-ring (bicyclic) bond motifs is 5. The van der Waals surface area contributed by atoms with Crippen LogP contribution in [0.15, 0.2) is 11.6 Å². The van der Waals surface area contributed by atoms with E-state index >= 15 is 0 Å². The largest absolute Gasteiger partial charge is 0.396 e. The normalized spacial score (nSPS) is 48.7. The number of aliphatic hydroxyl groups excluding tert-OH is 1. The summed E-state index contributed by atoms with van der Waals surface area (Å²) in [5, 5.41) is 19.4. The highest BCUT2D eigenvalue weighted by Gasteiger charge is 2.57. The molecule has 0 radical (unpaired) electrons. The summed E-state index contributed by atoms with van der Waals surface area (Å²) in [4.78, 5) is 11.9. The molecule has 124 valence electrons. The van der Waals surface area contributed by atoms with E-state index < -0.39 is 0 Å². The number of hydrogen-bond acceptors (Lipinski definition) is 3. The van der Waals surface area contributed by atoms with Crippen LogP contribution in [0.25, 0.3) is 0 Å². The van der Waals surface area contributed by atoms with Crippen LogP contribution in [0.2, 0.25) is 0 Å². The Bertz CT molecular complexity index is 589. The molecule has 0 aromatic heterocycles. The van der Waals surface area contributed by atoms with Gasteiger partial charge in [0.25, 0.3) is 0 Å². The van der Waals surface area contributed by atoms with Crippen molar-refractivity contribution >= 4 is 5.78 Å². The molecule has 3 saturated carbocycles. The van der Waals surface area contributed by atoms with Crippen LogP contribution in [-0.2, 0) is 4.79 Å². The molecule has 3 heteroatoms. The molecule has 7 atom stereocenters. The van der Waals surface area contributed by atoms with Gasteiger partial charge in [0.1, 0.15) is 0 Å². The van der Waals surface area contributed by atoms with Gasteiger partial charge in [0.2, 0.25) is 0 Å². The van der Waals surface area contributed by atoms with Crippen LogP contribution >= 0.6 is 0 Å². The zero-order valence-corrected chi connectivity index (χ0v) is 14.0. The second-order valence-electron chi connectivity index (χ2n) is 8.61. The van der Waals surface area contributed by atoms with E-state index in [4.69, 9.17) is 0 Å². The summed E-state index contributed by atoms with van der Waals surface area (Å²) in [6, 6.07) is 2.58. The van der Waals surface area contributed by atoms with E-state index in [1.165, 1.54) is 24.8 Å². The van der Waals surface area contributed by atoms with Gasteiger partial charge in [-0.2, -0.15) is 5.26 Å². The fourth-order valence-corrected chi connectivity index (χ4v) is 6.72. The average Bonchev–Trinajstić information content (AvgIpc) is 2.90. The Morgan fingerprint density at radius 1 is 1.30 bits per heavy atom. The molecule has 4 aliphatic carbocycles. The summed E-state index contributed by atoms with van der Waals surface area (Å²) >= 11 is 0. The maximum Gasteiger partial charge on any atom is 0.155 e. The molecule has 0 aromatic carbocycles. The molecule has 4 aliphatic rings. The van der Waals surface area contributed by atoms with Crippen LogP contribution in [0.5, 0.6) is 0 Å². The number of rotatable bonds is 1. The van der Waals surface area contributed by atoms with Crippen LogP contribution in [0.4, 0.5) is 0 Å². The molecule has 0 bridgehead atoms. The summed E-state index contributed by atoms with van der Waals surface area (Å²) in [5.74, 6) is 3.10. The first kappa shape index (κ1) is 15.4. The Morgan fingerprint density at radius 3 is 2.87 bits per heavy atom. The minimum absolute atomic E-state index is 0.171. The van der Waals surface area contributed by atoms with Gasteiger partial charge < -0.3 is 5.11 Å². The quantitative estimate of drug-likeness (QED) is 0.806. The first-order chi connectivity index (χ1) is 11.1. The number of aliphatic hydroxyl groups is 1. The first-order valence-electron chi connectivity index (χ1n) is 9.33. The molecule has 0 unspecified atom stereocenters. The van der Waals surface area contributed by atoms with Crippen molar-refractivity contribution in [1.29, 1.82) is 5.26 Å². The van der Waals surface area contributed by atoms with Gasteiger partial charge in [-0.25, -0.2) is 0 Å².